The van der Waals surface area contributed by atoms with E-state index in [1.807, 2.05) is 42.5 Å². The average Bonchev–Trinajstić information content (AvgIpc) is 3.43. The molecule has 2 saturated heterocycles. The molecule has 0 bridgehead atoms. The highest BCUT2D eigenvalue weighted by atomic mass is 16.6. The standard InChI is InChI=1S/C35H47N3O8/c1-3-4-10-19-37-20-13-18-35-29(32(41)38(21-11-12-22-39)31(35)33(37)42)28-26(46-35)16-8-9-17-27(40)36-25(23-44-2)30(45-34(28)43)24-14-6-5-7-15-24/h5-8,13-16,18,25-26,28-31,39H,3-4,9-12,17,19-23H2,1-2H3,(H,36,40)/b16-8-/t25-,26-,28+,29+,30-,31-,35+/m1/s1. The number of ether oxygens (including phenoxy) is 3. The lowest BCUT2D eigenvalue weighted by atomic mass is 9.77. The topological polar surface area (TPSA) is 135 Å². The highest BCUT2D eigenvalue weighted by Crippen LogP contribution is 2.53. The molecule has 0 aliphatic carbocycles. The monoisotopic (exact) mass is 637 g/mol. The van der Waals surface area contributed by atoms with E-state index in [1.165, 1.54) is 7.11 Å². The molecule has 7 atom stereocenters. The van der Waals surface area contributed by atoms with Crippen LogP contribution in [0.25, 0.3) is 0 Å². The molecule has 0 unspecified atom stereocenters. The molecule has 11 heteroatoms. The molecule has 0 saturated carbocycles. The van der Waals surface area contributed by atoms with E-state index >= 15 is 0 Å². The van der Waals surface area contributed by atoms with Crippen LogP contribution in [0.5, 0.6) is 0 Å². The first-order valence-electron chi connectivity index (χ1n) is 16.6. The van der Waals surface area contributed by atoms with Gasteiger partial charge >= 0.3 is 5.97 Å². The van der Waals surface area contributed by atoms with E-state index in [0.717, 1.165) is 19.3 Å². The highest BCUT2D eigenvalue weighted by Gasteiger charge is 2.71. The summed E-state index contributed by atoms with van der Waals surface area (Å²) < 4.78 is 18.5. The minimum absolute atomic E-state index is 0.0311. The van der Waals surface area contributed by atoms with Crippen molar-refractivity contribution in [3.05, 3.63) is 60.2 Å². The summed E-state index contributed by atoms with van der Waals surface area (Å²) in [6.45, 7) is 3.36. The van der Waals surface area contributed by atoms with E-state index in [4.69, 9.17) is 14.2 Å². The van der Waals surface area contributed by atoms with Crippen molar-refractivity contribution in [3.8, 4) is 0 Å². The first-order chi connectivity index (χ1) is 22.4. The Bertz CT molecular complexity index is 1300. The molecule has 250 valence electrons. The number of hydrogen-bond donors (Lipinski definition) is 2. The molecule has 0 radical (unpaired) electrons. The third kappa shape index (κ3) is 6.77. The molecule has 4 heterocycles. The van der Waals surface area contributed by atoms with Crippen molar-refractivity contribution >= 4 is 23.7 Å². The van der Waals surface area contributed by atoms with Crippen LogP contribution in [0.3, 0.4) is 0 Å². The average molecular weight is 638 g/mol. The minimum Gasteiger partial charge on any atom is -0.455 e. The number of unbranched alkanes of at least 4 members (excludes halogenated alkanes) is 3. The lowest BCUT2D eigenvalue weighted by Crippen LogP contribution is -2.55. The molecule has 3 amide bonds. The van der Waals surface area contributed by atoms with Gasteiger partial charge in [-0.1, -0.05) is 74.4 Å². The predicted octanol–water partition coefficient (Wildman–Crippen LogP) is 2.69. The van der Waals surface area contributed by atoms with Crippen LogP contribution in [0.4, 0.5) is 0 Å². The minimum atomic E-state index is -1.38. The molecule has 1 aromatic rings. The van der Waals surface area contributed by atoms with Crippen molar-refractivity contribution in [3.63, 3.8) is 0 Å². The van der Waals surface area contributed by atoms with Crippen LogP contribution in [0.15, 0.2) is 54.6 Å². The van der Waals surface area contributed by atoms with Crippen LogP contribution in [0.1, 0.15) is 63.5 Å². The predicted molar refractivity (Wildman–Crippen MR) is 169 cm³/mol. The van der Waals surface area contributed by atoms with Crippen molar-refractivity contribution < 1.29 is 38.5 Å². The molecule has 0 aromatic heterocycles. The SMILES string of the molecule is CCCCCN1CC=C[C@]23O[C@@H]4/C=C\CCC(=O)N[C@H](COC)[C@@H](c5ccccc5)OC(=O)[C@@H]4[C@H]2C(=O)N(CCCCO)[C@@H]3C1=O. The Kier molecular flexibility index (Phi) is 11.3. The summed E-state index contributed by atoms with van der Waals surface area (Å²) in [5.41, 5.74) is -0.710. The Hall–Kier alpha value is -3.54. The third-order valence-corrected chi connectivity index (χ3v) is 9.48. The molecule has 1 aromatic carbocycles. The molecule has 11 nitrogen and oxygen atoms in total. The normalized spacial score (nSPS) is 32.1. The van der Waals surface area contributed by atoms with Crippen molar-refractivity contribution in [2.24, 2.45) is 11.8 Å². The van der Waals surface area contributed by atoms with Gasteiger partial charge in [0.25, 0.3) is 0 Å². The van der Waals surface area contributed by atoms with Gasteiger partial charge in [-0.3, -0.25) is 19.2 Å². The van der Waals surface area contributed by atoms with Crippen LogP contribution >= 0.6 is 0 Å². The maximum Gasteiger partial charge on any atom is 0.313 e. The van der Waals surface area contributed by atoms with Crippen LogP contribution in [-0.4, -0.2) is 102 Å². The number of aliphatic hydroxyl groups is 1. The number of nitrogens with one attached hydrogen (secondary N) is 1. The number of nitrogens with zero attached hydrogens (tertiary/aromatic N) is 2. The van der Waals surface area contributed by atoms with Gasteiger partial charge in [0.15, 0.2) is 0 Å². The van der Waals surface area contributed by atoms with E-state index in [-0.39, 0.29) is 43.9 Å². The number of carbonyl (C=O) groups is 4. The number of cyclic esters (lactones) is 1. The first kappa shape index (κ1) is 33.8. The quantitative estimate of drug-likeness (QED) is 0.215. The second-order valence-corrected chi connectivity index (χ2v) is 12.6. The number of allylic oxidation sites excluding steroid dienone is 1. The Morgan fingerprint density at radius 3 is 2.54 bits per heavy atom. The van der Waals surface area contributed by atoms with Gasteiger partial charge in [0.1, 0.15) is 23.7 Å². The summed E-state index contributed by atoms with van der Waals surface area (Å²) in [4.78, 5) is 59.5. The molecule has 5 rings (SSSR count). The number of esters is 1. The second-order valence-electron chi connectivity index (χ2n) is 12.6. The number of likely N-dealkylation sites (tertiary alicyclic amines) is 1. The van der Waals surface area contributed by atoms with Crippen molar-refractivity contribution in [1.29, 1.82) is 0 Å². The molecular formula is C35H47N3O8. The van der Waals surface area contributed by atoms with Crippen molar-refractivity contribution in [2.75, 3.05) is 40.0 Å². The van der Waals surface area contributed by atoms with E-state index in [9.17, 15) is 24.3 Å². The van der Waals surface area contributed by atoms with Crippen LogP contribution in [0.2, 0.25) is 0 Å². The fourth-order valence-electron chi connectivity index (χ4n) is 7.32. The van der Waals surface area contributed by atoms with Gasteiger partial charge in [-0.25, -0.2) is 0 Å². The van der Waals surface area contributed by atoms with E-state index in [1.54, 1.807) is 22.0 Å². The van der Waals surface area contributed by atoms with Gasteiger partial charge in [0.2, 0.25) is 17.7 Å². The molecule has 1 spiro atoms. The van der Waals surface area contributed by atoms with E-state index in [0.29, 0.717) is 37.9 Å². The summed E-state index contributed by atoms with van der Waals surface area (Å²) in [7, 11) is 1.52. The summed E-state index contributed by atoms with van der Waals surface area (Å²) >= 11 is 0. The number of methoxy groups -OCH3 is 1. The highest BCUT2D eigenvalue weighted by molar-refractivity contribution is 5.99. The van der Waals surface area contributed by atoms with Gasteiger partial charge in [-0.05, 0) is 31.2 Å². The summed E-state index contributed by atoms with van der Waals surface area (Å²) in [5, 5.41) is 12.4. The molecule has 4 aliphatic rings. The van der Waals surface area contributed by atoms with Gasteiger partial charge in [-0.15, -0.1) is 0 Å². The largest absolute Gasteiger partial charge is 0.455 e. The van der Waals surface area contributed by atoms with Gasteiger partial charge in [0.05, 0.1) is 24.7 Å². The number of fused-ring (bicyclic) bond motifs is 2. The Morgan fingerprint density at radius 1 is 1.02 bits per heavy atom. The second kappa shape index (κ2) is 15.4. The number of amides is 3. The summed E-state index contributed by atoms with van der Waals surface area (Å²) in [5.74, 6) is -3.43. The smallest absolute Gasteiger partial charge is 0.313 e. The Morgan fingerprint density at radius 2 is 1.80 bits per heavy atom. The lowest BCUT2D eigenvalue weighted by molar-refractivity contribution is -0.162. The molecule has 46 heavy (non-hydrogen) atoms. The van der Waals surface area contributed by atoms with Crippen molar-refractivity contribution in [1.82, 2.24) is 15.1 Å². The molecule has 2 fully saturated rings. The zero-order valence-electron chi connectivity index (χ0n) is 26.8. The molecule has 4 aliphatic heterocycles. The van der Waals surface area contributed by atoms with E-state index in [2.05, 4.69) is 12.2 Å². The maximum absolute atomic E-state index is 14.5. The summed E-state index contributed by atoms with van der Waals surface area (Å²) in [6, 6.07) is 7.51. The number of carbonyl (C=O) groups excluding carboxylic acids is 4. The van der Waals surface area contributed by atoms with Gasteiger partial charge < -0.3 is 34.4 Å². The Labute approximate surface area is 270 Å². The molecular weight excluding hydrogens is 590 g/mol. The third-order valence-electron chi connectivity index (χ3n) is 9.48. The fraction of sp³-hybridized carbons (Fsp3) is 0.600. The van der Waals surface area contributed by atoms with E-state index < -0.39 is 47.7 Å². The van der Waals surface area contributed by atoms with Gasteiger partial charge in [0, 0.05) is 39.8 Å². The maximum atomic E-state index is 14.5. The van der Waals surface area contributed by atoms with Crippen LogP contribution < -0.4 is 5.32 Å². The lowest BCUT2D eigenvalue weighted by Gasteiger charge is -2.35. The number of aliphatic hydroxyl groups excluding tert-OH is 1. The zero-order valence-corrected chi connectivity index (χ0v) is 26.8. The number of hydrogen-bond acceptors (Lipinski definition) is 8. The summed E-state index contributed by atoms with van der Waals surface area (Å²) in [6.07, 6.45) is 9.88. The van der Waals surface area contributed by atoms with Crippen LogP contribution in [-0.2, 0) is 33.4 Å². The van der Waals surface area contributed by atoms with Crippen LogP contribution in [0, 0.1) is 11.8 Å². The Balaban J connectivity index is 1.56. The van der Waals surface area contributed by atoms with Crippen molar-refractivity contribution in [2.45, 2.75) is 81.8 Å². The van der Waals surface area contributed by atoms with Gasteiger partial charge in [-0.2, -0.15) is 0 Å². The number of rotatable bonds is 11. The first-order valence-corrected chi connectivity index (χ1v) is 16.6. The number of benzene rings is 1. The molecule has 2 N–H and O–H groups in total. The zero-order chi connectivity index (χ0) is 32.7. The fourth-order valence-corrected chi connectivity index (χ4v) is 7.32.